The van der Waals surface area contributed by atoms with E-state index >= 15 is 0 Å². The Bertz CT molecular complexity index is 824. The minimum Gasteiger partial charge on any atom is -0.508 e. The first-order chi connectivity index (χ1) is 11.2. The number of nitrogens with one attached hydrogen (secondary N) is 1. The molecule has 0 spiro atoms. The van der Waals surface area contributed by atoms with Gasteiger partial charge in [0.25, 0.3) is 5.91 Å². The van der Waals surface area contributed by atoms with Gasteiger partial charge in [0.15, 0.2) is 0 Å². The maximum absolute atomic E-state index is 11.9. The first kappa shape index (κ1) is 15.0. The van der Waals surface area contributed by atoms with Crippen LogP contribution in [0.5, 0.6) is 5.75 Å². The molecule has 0 atom stereocenters. The number of hydrogen-bond donors (Lipinski definition) is 2. The number of carbonyl (C=O) groups is 1. The van der Waals surface area contributed by atoms with E-state index in [0.29, 0.717) is 5.56 Å². The number of benzene rings is 2. The lowest BCUT2D eigenvalue weighted by molar-refractivity contribution is 0.0955. The predicted molar refractivity (Wildman–Crippen MR) is 92.9 cm³/mol. The molecule has 5 heteroatoms. The molecule has 114 valence electrons. The monoisotopic (exact) mass is 322 g/mol. The number of thiophene rings is 1. The number of nitrogens with zero attached hydrogens (tertiary/aromatic N) is 1. The number of hydrogen-bond acceptors (Lipinski definition) is 4. The van der Waals surface area contributed by atoms with E-state index in [-0.39, 0.29) is 11.7 Å². The molecule has 23 heavy (non-hydrogen) atoms. The lowest BCUT2D eigenvalue weighted by Gasteiger charge is -1.99. The van der Waals surface area contributed by atoms with E-state index in [1.807, 2.05) is 30.3 Å². The van der Waals surface area contributed by atoms with Gasteiger partial charge in [-0.1, -0.05) is 30.3 Å². The molecule has 3 aromatic rings. The van der Waals surface area contributed by atoms with Crippen molar-refractivity contribution in [2.45, 2.75) is 0 Å². The van der Waals surface area contributed by atoms with Crippen LogP contribution in [0.1, 0.15) is 15.2 Å². The van der Waals surface area contributed by atoms with Crippen molar-refractivity contribution < 1.29 is 9.90 Å². The van der Waals surface area contributed by atoms with Crippen LogP contribution in [0.15, 0.2) is 71.8 Å². The molecule has 0 aliphatic carbocycles. The van der Waals surface area contributed by atoms with Gasteiger partial charge in [-0.15, -0.1) is 11.3 Å². The minimum atomic E-state index is -0.318. The van der Waals surface area contributed by atoms with Crippen LogP contribution in [-0.4, -0.2) is 17.2 Å². The van der Waals surface area contributed by atoms with E-state index in [4.69, 9.17) is 0 Å². The average molecular weight is 322 g/mol. The van der Waals surface area contributed by atoms with E-state index in [2.05, 4.69) is 22.7 Å². The predicted octanol–water partition coefficient (Wildman–Crippen LogP) is 3.88. The fraction of sp³-hybridized carbons (Fsp3) is 0. The molecule has 0 unspecified atom stereocenters. The molecular weight excluding hydrogens is 308 g/mol. The number of carbonyl (C=O) groups excluding carboxylic acids is 1. The van der Waals surface area contributed by atoms with Crippen LogP contribution in [0.2, 0.25) is 0 Å². The summed E-state index contributed by atoms with van der Waals surface area (Å²) in [6.07, 6.45) is 1.62. The highest BCUT2D eigenvalue weighted by Gasteiger charge is 2.04. The maximum Gasteiger partial charge on any atom is 0.271 e. The largest absolute Gasteiger partial charge is 0.508 e. The smallest absolute Gasteiger partial charge is 0.271 e. The molecule has 0 radical (unpaired) electrons. The fourth-order valence-corrected chi connectivity index (χ4v) is 2.90. The Morgan fingerprint density at radius 3 is 2.48 bits per heavy atom. The summed E-state index contributed by atoms with van der Waals surface area (Å²) < 4.78 is 0. The van der Waals surface area contributed by atoms with E-state index in [1.54, 1.807) is 29.7 Å². The van der Waals surface area contributed by atoms with Crippen molar-refractivity contribution in [3.05, 3.63) is 77.2 Å². The van der Waals surface area contributed by atoms with Gasteiger partial charge >= 0.3 is 0 Å². The summed E-state index contributed by atoms with van der Waals surface area (Å²) in [4.78, 5) is 14.0. The first-order valence-corrected chi connectivity index (χ1v) is 7.82. The van der Waals surface area contributed by atoms with Gasteiger partial charge in [-0.2, -0.15) is 5.10 Å². The summed E-state index contributed by atoms with van der Waals surface area (Å²) in [5, 5.41) is 13.2. The lowest BCUT2D eigenvalue weighted by Crippen LogP contribution is -2.17. The summed E-state index contributed by atoms with van der Waals surface area (Å²) in [6.45, 7) is 0. The molecule has 4 nitrogen and oxygen atoms in total. The van der Waals surface area contributed by atoms with Crippen LogP contribution >= 0.6 is 11.3 Å². The normalized spacial score (nSPS) is 10.8. The summed E-state index contributed by atoms with van der Waals surface area (Å²) in [5.41, 5.74) is 4.07. The van der Waals surface area contributed by atoms with Crippen LogP contribution in [0.25, 0.3) is 10.4 Å². The van der Waals surface area contributed by atoms with Crippen LogP contribution in [0.4, 0.5) is 0 Å². The number of phenolic OH excluding ortho intramolecular Hbond substituents is 1. The Labute approximate surface area is 137 Å². The van der Waals surface area contributed by atoms with Gasteiger partial charge in [0.2, 0.25) is 0 Å². The van der Waals surface area contributed by atoms with E-state index in [9.17, 15) is 9.90 Å². The number of amides is 1. The molecule has 1 aromatic heterocycles. The molecule has 0 aliphatic heterocycles. The van der Waals surface area contributed by atoms with Crippen LogP contribution in [-0.2, 0) is 0 Å². The summed E-state index contributed by atoms with van der Waals surface area (Å²) >= 11 is 1.60. The zero-order chi connectivity index (χ0) is 16.1. The van der Waals surface area contributed by atoms with Gasteiger partial charge in [0.1, 0.15) is 5.75 Å². The minimum absolute atomic E-state index is 0.122. The fourth-order valence-electron chi connectivity index (χ4n) is 2.01. The van der Waals surface area contributed by atoms with Crippen LogP contribution in [0.3, 0.4) is 0 Å². The van der Waals surface area contributed by atoms with Crippen molar-refractivity contribution in [3.63, 3.8) is 0 Å². The van der Waals surface area contributed by atoms with Gasteiger partial charge in [-0.05, 0) is 42.0 Å². The second kappa shape index (κ2) is 6.89. The van der Waals surface area contributed by atoms with Crippen molar-refractivity contribution >= 4 is 23.5 Å². The van der Waals surface area contributed by atoms with Crippen LogP contribution in [0, 0.1) is 0 Å². The Hall–Kier alpha value is -2.92. The van der Waals surface area contributed by atoms with Crippen molar-refractivity contribution in [3.8, 4) is 16.2 Å². The summed E-state index contributed by atoms with van der Waals surface area (Å²) in [5.74, 6) is -0.196. The van der Waals surface area contributed by atoms with Gasteiger partial charge in [0.05, 0.1) is 6.21 Å². The molecule has 2 N–H and O–H groups in total. The van der Waals surface area contributed by atoms with E-state index in [1.165, 1.54) is 12.1 Å². The van der Waals surface area contributed by atoms with Crippen molar-refractivity contribution in [2.24, 2.45) is 5.10 Å². The summed E-state index contributed by atoms with van der Waals surface area (Å²) in [6, 6.07) is 20.1. The zero-order valence-electron chi connectivity index (χ0n) is 12.1. The van der Waals surface area contributed by atoms with Gasteiger partial charge in [-0.25, -0.2) is 5.43 Å². The second-order valence-corrected chi connectivity index (χ2v) is 5.93. The van der Waals surface area contributed by atoms with Crippen molar-refractivity contribution in [2.75, 3.05) is 0 Å². The van der Waals surface area contributed by atoms with Crippen molar-refractivity contribution in [1.29, 1.82) is 0 Å². The molecular formula is C18H14N2O2S. The lowest BCUT2D eigenvalue weighted by atomic mass is 10.2. The molecule has 0 fully saturated rings. The molecule has 0 aliphatic rings. The molecule has 1 heterocycles. The highest BCUT2D eigenvalue weighted by Crippen LogP contribution is 2.26. The van der Waals surface area contributed by atoms with Gasteiger partial charge in [0, 0.05) is 15.3 Å². The second-order valence-electron chi connectivity index (χ2n) is 4.81. The molecule has 1 amide bonds. The Balaban J connectivity index is 1.63. The number of hydrazone groups is 1. The van der Waals surface area contributed by atoms with Crippen LogP contribution < -0.4 is 5.43 Å². The Morgan fingerprint density at radius 1 is 1.00 bits per heavy atom. The molecule has 0 saturated carbocycles. The number of rotatable bonds is 4. The summed E-state index contributed by atoms with van der Waals surface area (Å²) in [7, 11) is 0. The third-order valence-corrected chi connectivity index (χ3v) is 4.24. The van der Waals surface area contributed by atoms with Crippen molar-refractivity contribution in [1.82, 2.24) is 5.43 Å². The molecule has 2 aromatic carbocycles. The molecule has 3 rings (SSSR count). The Kier molecular flexibility index (Phi) is 4.49. The zero-order valence-corrected chi connectivity index (χ0v) is 13.0. The topological polar surface area (TPSA) is 61.7 Å². The number of aromatic hydroxyl groups is 1. The third kappa shape index (κ3) is 3.84. The third-order valence-electron chi connectivity index (χ3n) is 3.17. The van der Waals surface area contributed by atoms with E-state index in [0.717, 1.165) is 15.3 Å². The highest BCUT2D eigenvalue weighted by atomic mass is 32.1. The Morgan fingerprint density at radius 2 is 1.74 bits per heavy atom. The maximum atomic E-state index is 11.9. The quantitative estimate of drug-likeness (QED) is 0.565. The van der Waals surface area contributed by atoms with Gasteiger partial charge < -0.3 is 5.11 Å². The first-order valence-electron chi connectivity index (χ1n) is 7.00. The average Bonchev–Trinajstić information content (AvgIpc) is 3.05. The number of phenols is 1. The van der Waals surface area contributed by atoms with E-state index < -0.39 is 0 Å². The highest BCUT2D eigenvalue weighted by molar-refractivity contribution is 7.17. The van der Waals surface area contributed by atoms with Gasteiger partial charge in [-0.3, -0.25) is 4.79 Å². The molecule has 0 saturated heterocycles. The molecule has 0 bridgehead atoms. The standard InChI is InChI=1S/C18H14N2O2S/c21-15-8-6-14(7-9-15)18(22)20-19-12-16-10-11-17(23-16)13-4-2-1-3-5-13/h1-12,21H,(H,20,22)/b19-12-. The SMILES string of the molecule is O=C(N/N=C\c1ccc(-c2ccccc2)s1)c1ccc(O)cc1.